The zero-order chi connectivity index (χ0) is 13.8. The third kappa shape index (κ3) is 3.61. The highest BCUT2D eigenvalue weighted by molar-refractivity contribution is 9.10. The van der Waals surface area contributed by atoms with Crippen LogP contribution in [0.15, 0.2) is 41.1 Å². The molecule has 1 N–H and O–H groups in total. The summed E-state index contributed by atoms with van der Waals surface area (Å²) in [6.45, 7) is 4.68. The van der Waals surface area contributed by atoms with Crippen molar-refractivity contribution in [1.29, 1.82) is 0 Å². The lowest BCUT2D eigenvalue weighted by Gasteiger charge is -2.16. The summed E-state index contributed by atoms with van der Waals surface area (Å²) in [4.78, 5) is 4.11. The van der Waals surface area contributed by atoms with Crippen molar-refractivity contribution in [2.45, 2.75) is 26.4 Å². The molecule has 0 saturated carbocycles. The number of hydrogen-bond acceptors (Lipinski definition) is 2. The van der Waals surface area contributed by atoms with Gasteiger partial charge in [0.2, 0.25) is 0 Å². The van der Waals surface area contributed by atoms with Crippen molar-refractivity contribution >= 4 is 15.9 Å². The van der Waals surface area contributed by atoms with E-state index < -0.39 is 0 Å². The average Bonchev–Trinajstić information content (AvgIpc) is 2.37. The maximum absolute atomic E-state index is 13.8. The molecule has 2 nitrogen and oxygen atoms in total. The van der Waals surface area contributed by atoms with Gasteiger partial charge in [0, 0.05) is 35.0 Å². The van der Waals surface area contributed by atoms with E-state index in [0.29, 0.717) is 12.1 Å². The van der Waals surface area contributed by atoms with Crippen molar-refractivity contribution < 1.29 is 4.39 Å². The topological polar surface area (TPSA) is 24.9 Å². The van der Waals surface area contributed by atoms with Gasteiger partial charge in [0.1, 0.15) is 5.82 Å². The van der Waals surface area contributed by atoms with E-state index in [1.54, 1.807) is 12.3 Å². The summed E-state index contributed by atoms with van der Waals surface area (Å²) in [5.74, 6) is -0.197. The molecule has 1 aromatic carbocycles. The molecule has 0 saturated heterocycles. The zero-order valence-corrected chi connectivity index (χ0v) is 12.5. The molecule has 0 amide bonds. The van der Waals surface area contributed by atoms with Crippen LogP contribution in [0.5, 0.6) is 0 Å². The Balaban J connectivity index is 2.05. The van der Waals surface area contributed by atoms with Gasteiger partial charge in [-0.15, -0.1) is 0 Å². The molecule has 0 radical (unpaired) electrons. The van der Waals surface area contributed by atoms with Crippen molar-refractivity contribution in [3.63, 3.8) is 0 Å². The van der Waals surface area contributed by atoms with Crippen molar-refractivity contribution in [3.8, 4) is 0 Å². The average molecular weight is 323 g/mol. The number of rotatable bonds is 4. The molecule has 0 aliphatic carbocycles. The van der Waals surface area contributed by atoms with Crippen LogP contribution in [0.25, 0.3) is 0 Å². The Hall–Kier alpha value is -1.26. The molecule has 2 rings (SSSR count). The Morgan fingerprint density at radius 3 is 2.84 bits per heavy atom. The van der Waals surface area contributed by atoms with Crippen LogP contribution < -0.4 is 5.32 Å². The van der Waals surface area contributed by atoms with E-state index in [-0.39, 0.29) is 11.9 Å². The van der Waals surface area contributed by atoms with Crippen LogP contribution in [0, 0.1) is 12.7 Å². The van der Waals surface area contributed by atoms with Gasteiger partial charge in [-0.25, -0.2) is 4.39 Å². The Morgan fingerprint density at radius 2 is 2.16 bits per heavy atom. The molecule has 19 heavy (non-hydrogen) atoms. The molecule has 1 unspecified atom stereocenters. The van der Waals surface area contributed by atoms with Crippen molar-refractivity contribution in [3.05, 3.63) is 63.6 Å². The summed E-state index contributed by atoms with van der Waals surface area (Å²) < 4.78 is 14.6. The third-order valence-corrected chi connectivity index (χ3v) is 3.67. The van der Waals surface area contributed by atoms with E-state index in [4.69, 9.17) is 0 Å². The monoisotopic (exact) mass is 322 g/mol. The predicted octanol–water partition coefficient (Wildman–Crippen LogP) is 4.14. The molecule has 0 bridgehead atoms. The highest BCUT2D eigenvalue weighted by atomic mass is 79.9. The second kappa shape index (κ2) is 6.26. The Labute approximate surface area is 121 Å². The van der Waals surface area contributed by atoms with Crippen LogP contribution in [0.4, 0.5) is 4.39 Å². The Bertz CT molecular complexity index is 572. The lowest BCUT2D eigenvalue weighted by molar-refractivity contribution is 0.527. The number of nitrogens with zero attached hydrogens (tertiary/aromatic N) is 1. The summed E-state index contributed by atoms with van der Waals surface area (Å²) in [7, 11) is 0. The fraction of sp³-hybridized carbons (Fsp3) is 0.267. The summed E-state index contributed by atoms with van der Waals surface area (Å²) in [6.07, 6.45) is 3.61. The van der Waals surface area contributed by atoms with Gasteiger partial charge in [-0.1, -0.05) is 22.0 Å². The SMILES string of the molecule is Cc1ccncc1CNC(C)c1ccc(Br)cc1F. The first-order valence-corrected chi connectivity index (χ1v) is 6.95. The van der Waals surface area contributed by atoms with Gasteiger partial charge < -0.3 is 5.32 Å². The largest absolute Gasteiger partial charge is 0.306 e. The molecule has 0 aliphatic rings. The molecule has 1 atom stereocenters. The van der Waals surface area contributed by atoms with Gasteiger partial charge in [0.15, 0.2) is 0 Å². The number of aromatic nitrogens is 1. The molecule has 0 fully saturated rings. The molecule has 0 spiro atoms. The fourth-order valence-electron chi connectivity index (χ4n) is 1.91. The predicted molar refractivity (Wildman–Crippen MR) is 78.3 cm³/mol. The lowest BCUT2D eigenvalue weighted by atomic mass is 10.1. The van der Waals surface area contributed by atoms with Crippen LogP contribution in [0.3, 0.4) is 0 Å². The smallest absolute Gasteiger partial charge is 0.129 e. The van der Waals surface area contributed by atoms with E-state index in [2.05, 4.69) is 26.2 Å². The summed E-state index contributed by atoms with van der Waals surface area (Å²) >= 11 is 3.26. The van der Waals surface area contributed by atoms with Gasteiger partial charge in [-0.3, -0.25) is 4.98 Å². The Morgan fingerprint density at radius 1 is 1.37 bits per heavy atom. The molecule has 0 aliphatic heterocycles. The first-order chi connectivity index (χ1) is 9.08. The molecular formula is C15H16BrFN2. The van der Waals surface area contributed by atoms with Gasteiger partial charge in [-0.2, -0.15) is 0 Å². The number of halogens is 2. The van der Waals surface area contributed by atoms with E-state index in [1.807, 2.05) is 32.2 Å². The van der Waals surface area contributed by atoms with Crippen molar-refractivity contribution in [2.75, 3.05) is 0 Å². The number of nitrogens with one attached hydrogen (secondary N) is 1. The van der Waals surface area contributed by atoms with Crippen LogP contribution in [0.2, 0.25) is 0 Å². The standard InChI is InChI=1S/C15H16BrFN2/c1-10-5-6-18-8-12(10)9-19-11(2)14-4-3-13(16)7-15(14)17/h3-8,11,19H,9H2,1-2H3. The van der Waals surface area contributed by atoms with Gasteiger partial charge in [0.05, 0.1) is 0 Å². The highest BCUT2D eigenvalue weighted by Gasteiger charge is 2.11. The maximum atomic E-state index is 13.8. The van der Waals surface area contributed by atoms with Crippen LogP contribution in [-0.4, -0.2) is 4.98 Å². The van der Waals surface area contributed by atoms with Gasteiger partial charge in [-0.05, 0) is 43.2 Å². The minimum Gasteiger partial charge on any atom is -0.306 e. The third-order valence-electron chi connectivity index (χ3n) is 3.18. The molecule has 4 heteroatoms. The summed E-state index contributed by atoms with van der Waals surface area (Å²) in [5.41, 5.74) is 2.99. The second-order valence-electron chi connectivity index (χ2n) is 4.57. The molecule has 1 heterocycles. The second-order valence-corrected chi connectivity index (χ2v) is 5.49. The van der Waals surface area contributed by atoms with Gasteiger partial charge >= 0.3 is 0 Å². The molecular weight excluding hydrogens is 307 g/mol. The molecule has 100 valence electrons. The number of benzene rings is 1. The van der Waals surface area contributed by atoms with Crippen LogP contribution in [0.1, 0.15) is 29.7 Å². The maximum Gasteiger partial charge on any atom is 0.129 e. The van der Waals surface area contributed by atoms with Gasteiger partial charge in [0.25, 0.3) is 0 Å². The van der Waals surface area contributed by atoms with Crippen molar-refractivity contribution in [2.24, 2.45) is 0 Å². The first-order valence-electron chi connectivity index (χ1n) is 6.15. The lowest BCUT2D eigenvalue weighted by Crippen LogP contribution is -2.19. The van der Waals surface area contributed by atoms with Crippen LogP contribution >= 0.6 is 15.9 Å². The van der Waals surface area contributed by atoms with E-state index >= 15 is 0 Å². The van der Waals surface area contributed by atoms with E-state index in [1.165, 1.54) is 11.6 Å². The minimum absolute atomic E-state index is 0.0484. The zero-order valence-electron chi connectivity index (χ0n) is 11.0. The quantitative estimate of drug-likeness (QED) is 0.915. The summed E-state index contributed by atoms with van der Waals surface area (Å²) in [5, 5.41) is 3.32. The fourth-order valence-corrected chi connectivity index (χ4v) is 2.24. The number of hydrogen-bond donors (Lipinski definition) is 1. The molecule has 2 aromatic rings. The molecule has 1 aromatic heterocycles. The normalized spacial score (nSPS) is 12.4. The Kier molecular flexibility index (Phi) is 4.66. The number of aryl methyl sites for hydroxylation is 1. The highest BCUT2D eigenvalue weighted by Crippen LogP contribution is 2.21. The van der Waals surface area contributed by atoms with Crippen LogP contribution in [-0.2, 0) is 6.54 Å². The van der Waals surface area contributed by atoms with Crippen molar-refractivity contribution in [1.82, 2.24) is 10.3 Å². The first kappa shape index (κ1) is 14.2. The minimum atomic E-state index is -0.197. The van der Waals surface area contributed by atoms with E-state index in [0.717, 1.165) is 10.0 Å². The number of pyridine rings is 1. The van der Waals surface area contributed by atoms with E-state index in [9.17, 15) is 4.39 Å². The summed E-state index contributed by atoms with van der Waals surface area (Å²) in [6, 6.07) is 7.07.